The van der Waals surface area contributed by atoms with Crippen molar-refractivity contribution in [1.29, 1.82) is 0 Å². The van der Waals surface area contributed by atoms with Crippen LogP contribution in [0.2, 0.25) is 0 Å². The van der Waals surface area contributed by atoms with Gasteiger partial charge in [0.1, 0.15) is 5.75 Å². The summed E-state index contributed by atoms with van der Waals surface area (Å²) in [7, 11) is 0. The molecule has 162 valence electrons. The molecular formula is C20H13F6N3O2. The van der Waals surface area contributed by atoms with Crippen molar-refractivity contribution < 1.29 is 35.9 Å². The number of alkyl halides is 6. The number of ether oxygens (including phenoxy) is 1. The molecule has 0 unspecified atom stereocenters. The molecule has 1 heterocycles. The zero-order chi connectivity index (χ0) is 22.8. The summed E-state index contributed by atoms with van der Waals surface area (Å²) in [6.45, 7) is 1.57. The van der Waals surface area contributed by atoms with E-state index in [-0.39, 0.29) is 17.8 Å². The lowest BCUT2D eigenvalue weighted by molar-refractivity contribution is -0.143. The summed E-state index contributed by atoms with van der Waals surface area (Å²) in [5, 5.41) is 2.31. The maximum absolute atomic E-state index is 13.0. The number of hydrogen-bond acceptors (Lipinski definition) is 4. The van der Waals surface area contributed by atoms with Crippen molar-refractivity contribution in [1.82, 2.24) is 9.97 Å². The Bertz CT molecular complexity index is 1070. The van der Waals surface area contributed by atoms with Crippen LogP contribution < -0.4 is 10.1 Å². The average Bonchev–Trinajstić information content (AvgIpc) is 2.69. The molecular weight excluding hydrogens is 428 g/mol. The first-order valence-electron chi connectivity index (χ1n) is 8.60. The minimum absolute atomic E-state index is 0.0418. The van der Waals surface area contributed by atoms with E-state index in [0.29, 0.717) is 23.4 Å². The maximum Gasteiger partial charge on any atom is 0.416 e. The van der Waals surface area contributed by atoms with Gasteiger partial charge in [0, 0.05) is 23.6 Å². The number of aryl methyl sites for hydroxylation is 1. The van der Waals surface area contributed by atoms with Crippen LogP contribution in [0.15, 0.2) is 54.9 Å². The minimum atomic E-state index is -5.05. The number of carbonyl (C=O) groups is 1. The van der Waals surface area contributed by atoms with Crippen molar-refractivity contribution in [2.45, 2.75) is 19.3 Å². The SMILES string of the molecule is Cc1cc(Oc2ncccn2)ccc1NC(=O)c1cc(C(F)(F)F)cc(C(F)(F)F)c1. The molecule has 0 radical (unpaired) electrons. The number of nitrogens with one attached hydrogen (secondary N) is 1. The largest absolute Gasteiger partial charge is 0.424 e. The van der Waals surface area contributed by atoms with Gasteiger partial charge in [-0.25, -0.2) is 9.97 Å². The Labute approximate surface area is 171 Å². The summed E-state index contributed by atoms with van der Waals surface area (Å²) in [5.74, 6) is -0.806. The summed E-state index contributed by atoms with van der Waals surface area (Å²) < 4.78 is 83.4. The molecule has 0 saturated heterocycles. The van der Waals surface area contributed by atoms with Crippen LogP contribution in [0.25, 0.3) is 0 Å². The molecule has 5 nitrogen and oxygen atoms in total. The van der Waals surface area contributed by atoms with Gasteiger partial charge in [0.25, 0.3) is 5.91 Å². The summed E-state index contributed by atoms with van der Waals surface area (Å²) in [6, 6.07) is 6.68. The number of anilines is 1. The number of nitrogens with zero attached hydrogens (tertiary/aromatic N) is 2. The molecule has 11 heteroatoms. The van der Waals surface area contributed by atoms with Crippen LogP contribution in [-0.2, 0) is 12.4 Å². The highest BCUT2D eigenvalue weighted by atomic mass is 19.4. The molecule has 2 aromatic carbocycles. The maximum atomic E-state index is 13.0. The van der Waals surface area contributed by atoms with Crippen molar-refractivity contribution in [2.24, 2.45) is 0 Å². The van der Waals surface area contributed by atoms with Crippen LogP contribution in [0.4, 0.5) is 32.0 Å². The van der Waals surface area contributed by atoms with E-state index in [1.165, 1.54) is 30.6 Å². The van der Waals surface area contributed by atoms with Gasteiger partial charge in [-0.15, -0.1) is 0 Å². The van der Waals surface area contributed by atoms with Gasteiger partial charge in [0.2, 0.25) is 0 Å². The molecule has 1 N–H and O–H groups in total. The third-order valence-electron chi connectivity index (χ3n) is 4.05. The highest BCUT2D eigenvalue weighted by Gasteiger charge is 2.37. The van der Waals surface area contributed by atoms with Gasteiger partial charge < -0.3 is 10.1 Å². The van der Waals surface area contributed by atoms with Crippen LogP contribution in [0.1, 0.15) is 27.0 Å². The molecule has 0 atom stereocenters. The fraction of sp³-hybridized carbons (Fsp3) is 0.150. The fourth-order valence-corrected chi connectivity index (χ4v) is 2.56. The Morgan fingerprint density at radius 3 is 2.00 bits per heavy atom. The predicted octanol–water partition coefficient (Wildman–Crippen LogP) is 5.87. The lowest BCUT2D eigenvalue weighted by Gasteiger charge is -2.15. The van der Waals surface area contributed by atoms with Gasteiger partial charge in [-0.1, -0.05) is 0 Å². The topological polar surface area (TPSA) is 64.1 Å². The van der Waals surface area contributed by atoms with Crippen molar-refractivity contribution >= 4 is 11.6 Å². The normalized spacial score (nSPS) is 11.8. The first-order valence-corrected chi connectivity index (χ1v) is 8.60. The molecule has 0 spiro atoms. The van der Waals surface area contributed by atoms with Crippen LogP contribution in [-0.4, -0.2) is 15.9 Å². The fourth-order valence-electron chi connectivity index (χ4n) is 2.56. The molecule has 0 bridgehead atoms. The lowest BCUT2D eigenvalue weighted by Crippen LogP contribution is -2.17. The van der Waals surface area contributed by atoms with Gasteiger partial charge in [-0.3, -0.25) is 4.79 Å². The minimum Gasteiger partial charge on any atom is -0.424 e. The number of benzene rings is 2. The van der Waals surface area contributed by atoms with Crippen molar-refractivity contribution in [3.05, 3.63) is 77.1 Å². The van der Waals surface area contributed by atoms with Crippen LogP contribution >= 0.6 is 0 Å². The molecule has 1 aromatic heterocycles. The molecule has 1 amide bonds. The van der Waals surface area contributed by atoms with Gasteiger partial charge in [-0.05, 0) is 55.0 Å². The Balaban J connectivity index is 1.85. The summed E-state index contributed by atoms with van der Waals surface area (Å²) in [4.78, 5) is 20.2. The van der Waals surface area contributed by atoms with Crippen molar-refractivity contribution in [2.75, 3.05) is 5.32 Å². The number of rotatable bonds is 4. The third kappa shape index (κ3) is 5.50. The Hall–Kier alpha value is -3.63. The van der Waals surface area contributed by atoms with Gasteiger partial charge >= 0.3 is 18.4 Å². The van der Waals surface area contributed by atoms with E-state index in [4.69, 9.17) is 4.74 Å². The second kappa shape index (κ2) is 8.25. The number of halogens is 6. The van der Waals surface area contributed by atoms with E-state index in [2.05, 4.69) is 15.3 Å². The predicted molar refractivity (Wildman–Crippen MR) is 97.7 cm³/mol. The Morgan fingerprint density at radius 2 is 1.48 bits per heavy atom. The summed E-state index contributed by atoms with van der Waals surface area (Å²) in [5.41, 5.74) is -3.30. The van der Waals surface area contributed by atoms with Crippen LogP contribution in [0, 0.1) is 6.92 Å². The second-order valence-electron chi connectivity index (χ2n) is 6.36. The third-order valence-corrected chi connectivity index (χ3v) is 4.05. The van der Waals surface area contributed by atoms with E-state index in [0.717, 1.165) is 0 Å². The van der Waals surface area contributed by atoms with E-state index in [1.54, 1.807) is 13.0 Å². The van der Waals surface area contributed by atoms with Crippen LogP contribution in [0.5, 0.6) is 11.8 Å². The molecule has 3 aromatic rings. The summed E-state index contributed by atoms with van der Waals surface area (Å²) in [6.07, 6.45) is -7.17. The number of carbonyl (C=O) groups excluding carboxylic acids is 1. The number of amides is 1. The van der Waals surface area contributed by atoms with Crippen LogP contribution in [0.3, 0.4) is 0 Å². The molecule has 0 aliphatic carbocycles. The van der Waals surface area contributed by atoms with Gasteiger partial charge in [0.15, 0.2) is 0 Å². The quantitative estimate of drug-likeness (QED) is 0.515. The zero-order valence-electron chi connectivity index (χ0n) is 15.7. The lowest BCUT2D eigenvalue weighted by atomic mass is 10.0. The first kappa shape index (κ1) is 22.1. The number of aromatic nitrogens is 2. The van der Waals surface area contributed by atoms with E-state index < -0.39 is 35.0 Å². The highest BCUT2D eigenvalue weighted by molar-refractivity contribution is 6.05. The first-order chi connectivity index (χ1) is 14.4. The Morgan fingerprint density at radius 1 is 0.903 bits per heavy atom. The monoisotopic (exact) mass is 441 g/mol. The molecule has 0 fully saturated rings. The highest BCUT2D eigenvalue weighted by Crippen LogP contribution is 2.36. The summed E-state index contributed by atoms with van der Waals surface area (Å²) >= 11 is 0. The zero-order valence-corrected chi connectivity index (χ0v) is 15.7. The van der Waals surface area contributed by atoms with E-state index >= 15 is 0 Å². The molecule has 0 aliphatic heterocycles. The van der Waals surface area contributed by atoms with Crippen molar-refractivity contribution in [3.8, 4) is 11.8 Å². The molecule has 31 heavy (non-hydrogen) atoms. The second-order valence-corrected chi connectivity index (χ2v) is 6.36. The van der Waals surface area contributed by atoms with Gasteiger partial charge in [-0.2, -0.15) is 26.3 Å². The van der Waals surface area contributed by atoms with Gasteiger partial charge in [0.05, 0.1) is 11.1 Å². The molecule has 3 rings (SSSR count). The Kier molecular flexibility index (Phi) is 5.87. The van der Waals surface area contributed by atoms with E-state index in [1.807, 2.05) is 0 Å². The number of hydrogen-bond donors (Lipinski definition) is 1. The molecule has 0 saturated carbocycles. The van der Waals surface area contributed by atoms with Crippen molar-refractivity contribution in [3.63, 3.8) is 0 Å². The smallest absolute Gasteiger partial charge is 0.416 e. The standard InChI is InChI=1S/C20H13F6N3O2/c1-11-7-15(31-18-27-5-2-6-28-18)3-4-16(11)29-17(30)12-8-13(19(21,22)23)10-14(9-12)20(24,25)26/h2-10H,1H3,(H,29,30). The molecule has 0 aliphatic rings. The average molecular weight is 441 g/mol. The van der Waals surface area contributed by atoms with E-state index in [9.17, 15) is 31.1 Å².